The first kappa shape index (κ1) is 19.3. The van der Waals surface area contributed by atoms with Gasteiger partial charge in [0.2, 0.25) is 5.78 Å². The zero-order valence-corrected chi connectivity index (χ0v) is 14.3. The second kappa shape index (κ2) is 8.35. The number of nitro groups is 1. The molecule has 0 amide bonds. The third-order valence-corrected chi connectivity index (χ3v) is 3.72. The second-order valence-electron chi connectivity index (χ2n) is 5.30. The Morgan fingerprint density at radius 1 is 1.27 bits per heavy atom. The number of ether oxygens (including phenoxy) is 1. The Kier molecular flexibility index (Phi) is 6.19. The molecule has 0 spiro atoms. The number of carbonyl (C=O) groups excluding carboxylic acids is 2. The fourth-order valence-corrected chi connectivity index (χ4v) is 2.22. The molecule has 0 aromatic heterocycles. The topological polar surface area (TPSA) is 86.5 Å². The molecule has 0 heterocycles. The monoisotopic (exact) mass is 377 g/mol. The summed E-state index contributed by atoms with van der Waals surface area (Å²) in [5.41, 5.74) is 0.790. The van der Waals surface area contributed by atoms with E-state index in [1.54, 1.807) is 6.92 Å². The van der Waals surface area contributed by atoms with Gasteiger partial charge >= 0.3 is 5.97 Å². The number of hydrogen-bond acceptors (Lipinski definition) is 5. The highest BCUT2D eigenvalue weighted by atomic mass is 35.5. The first-order valence-electron chi connectivity index (χ1n) is 7.36. The summed E-state index contributed by atoms with van der Waals surface area (Å²) in [4.78, 5) is 34.0. The second-order valence-corrected chi connectivity index (χ2v) is 5.70. The molecular formula is C18H13ClFNO5. The minimum Gasteiger partial charge on any atom is -0.454 e. The van der Waals surface area contributed by atoms with Crippen molar-refractivity contribution in [1.29, 1.82) is 0 Å². The fourth-order valence-electron chi connectivity index (χ4n) is 2.03. The minimum absolute atomic E-state index is 0.0735. The number of Topliss-reactive ketones (excluding diaryl/α,β-unsaturated/α-hetero) is 1. The van der Waals surface area contributed by atoms with Crippen molar-refractivity contribution < 1.29 is 23.6 Å². The lowest BCUT2D eigenvalue weighted by Crippen LogP contribution is -2.13. The van der Waals surface area contributed by atoms with E-state index in [0.29, 0.717) is 11.1 Å². The number of ketones is 1. The first-order chi connectivity index (χ1) is 12.3. The summed E-state index contributed by atoms with van der Waals surface area (Å²) >= 11 is 5.63. The third kappa shape index (κ3) is 4.97. The average Bonchev–Trinajstić information content (AvgIpc) is 2.60. The van der Waals surface area contributed by atoms with Gasteiger partial charge < -0.3 is 4.74 Å². The van der Waals surface area contributed by atoms with Crippen LogP contribution in [0.25, 0.3) is 6.08 Å². The number of hydrogen-bond donors (Lipinski definition) is 0. The maximum Gasteiger partial charge on any atom is 0.331 e. The van der Waals surface area contributed by atoms with Crippen LogP contribution < -0.4 is 0 Å². The van der Waals surface area contributed by atoms with Crippen molar-refractivity contribution in [3.8, 4) is 0 Å². The average molecular weight is 378 g/mol. The molecule has 2 aromatic rings. The van der Waals surface area contributed by atoms with Crippen molar-refractivity contribution in [3.63, 3.8) is 0 Å². The molecule has 0 aliphatic rings. The zero-order valence-electron chi connectivity index (χ0n) is 13.6. The van der Waals surface area contributed by atoms with Gasteiger partial charge in [0.05, 0.1) is 9.95 Å². The first-order valence-corrected chi connectivity index (χ1v) is 7.74. The molecule has 0 radical (unpaired) electrons. The van der Waals surface area contributed by atoms with E-state index in [-0.39, 0.29) is 16.3 Å². The van der Waals surface area contributed by atoms with E-state index in [4.69, 9.17) is 16.3 Å². The Bertz CT molecular complexity index is 910. The molecule has 0 atom stereocenters. The van der Waals surface area contributed by atoms with Crippen molar-refractivity contribution in [1.82, 2.24) is 0 Å². The molecular weight excluding hydrogens is 365 g/mol. The van der Waals surface area contributed by atoms with Crippen molar-refractivity contribution >= 4 is 35.1 Å². The lowest BCUT2D eigenvalue weighted by Gasteiger charge is -2.03. The van der Waals surface area contributed by atoms with Crippen LogP contribution in [0, 0.1) is 22.9 Å². The molecule has 0 N–H and O–H groups in total. The van der Waals surface area contributed by atoms with E-state index in [1.165, 1.54) is 30.3 Å². The van der Waals surface area contributed by atoms with E-state index < -0.39 is 29.1 Å². The number of benzene rings is 2. The number of nitrogens with zero attached hydrogens (tertiary/aromatic N) is 1. The van der Waals surface area contributed by atoms with Crippen molar-refractivity contribution in [2.45, 2.75) is 6.92 Å². The molecule has 6 nitrogen and oxygen atoms in total. The van der Waals surface area contributed by atoms with Gasteiger partial charge in [-0.1, -0.05) is 29.8 Å². The van der Waals surface area contributed by atoms with Crippen molar-refractivity contribution in [3.05, 3.63) is 80.1 Å². The summed E-state index contributed by atoms with van der Waals surface area (Å²) in [6.07, 6.45) is 2.42. The minimum atomic E-state index is -0.791. The van der Waals surface area contributed by atoms with Crippen LogP contribution in [-0.4, -0.2) is 23.3 Å². The predicted molar refractivity (Wildman–Crippen MR) is 93.6 cm³/mol. The van der Waals surface area contributed by atoms with Crippen LogP contribution in [0.3, 0.4) is 0 Å². The van der Waals surface area contributed by atoms with Crippen LogP contribution in [0.5, 0.6) is 0 Å². The van der Waals surface area contributed by atoms with Gasteiger partial charge in [0.15, 0.2) is 6.61 Å². The molecule has 0 aliphatic carbocycles. The van der Waals surface area contributed by atoms with Gasteiger partial charge in [-0.25, -0.2) is 9.18 Å². The quantitative estimate of drug-likeness (QED) is 0.248. The maximum atomic E-state index is 13.0. The summed E-state index contributed by atoms with van der Waals surface area (Å²) < 4.78 is 17.9. The van der Waals surface area contributed by atoms with Crippen LogP contribution in [0.15, 0.2) is 42.5 Å². The summed E-state index contributed by atoms with van der Waals surface area (Å²) in [5, 5.41) is 10.8. The summed E-state index contributed by atoms with van der Waals surface area (Å²) in [6, 6.07) is 7.92. The fraction of sp³-hybridized carbons (Fsp3) is 0.111. The van der Waals surface area contributed by atoms with Crippen LogP contribution >= 0.6 is 11.6 Å². The molecule has 0 bridgehead atoms. The number of carbonyl (C=O) groups is 2. The molecule has 2 aromatic carbocycles. The maximum absolute atomic E-state index is 13.0. The van der Waals surface area contributed by atoms with Gasteiger partial charge in [0, 0.05) is 23.3 Å². The third-order valence-electron chi connectivity index (χ3n) is 3.43. The van der Waals surface area contributed by atoms with E-state index in [1.807, 2.05) is 0 Å². The molecule has 0 aliphatic heterocycles. The van der Waals surface area contributed by atoms with E-state index in [9.17, 15) is 24.1 Å². The smallest absolute Gasteiger partial charge is 0.331 e. The molecule has 0 saturated heterocycles. The Morgan fingerprint density at radius 2 is 2.00 bits per heavy atom. The molecule has 0 saturated carbocycles. The van der Waals surface area contributed by atoms with Gasteiger partial charge in [0.25, 0.3) is 5.69 Å². The number of aryl methyl sites for hydroxylation is 1. The van der Waals surface area contributed by atoms with Gasteiger partial charge in [-0.05, 0) is 30.7 Å². The van der Waals surface area contributed by atoms with Crippen LogP contribution in [-0.2, 0) is 9.53 Å². The Balaban J connectivity index is 1.97. The molecule has 2 rings (SSSR count). The van der Waals surface area contributed by atoms with Gasteiger partial charge in [0.1, 0.15) is 5.82 Å². The summed E-state index contributed by atoms with van der Waals surface area (Å²) in [5.74, 6) is -1.94. The molecule has 0 unspecified atom stereocenters. The van der Waals surface area contributed by atoms with E-state index >= 15 is 0 Å². The van der Waals surface area contributed by atoms with Gasteiger partial charge in [-0.3, -0.25) is 14.9 Å². The Labute approximate surface area is 153 Å². The molecule has 26 heavy (non-hydrogen) atoms. The summed E-state index contributed by atoms with van der Waals surface area (Å²) in [7, 11) is 0. The molecule has 8 heteroatoms. The van der Waals surface area contributed by atoms with E-state index in [0.717, 1.165) is 18.2 Å². The van der Waals surface area contributed by atoms with Crippen LogP contribution in [0.1, 0.15) is 21.5 Å². The molecule has 0 fully saturated rings. The van der Waals surface area contributed by atoms with Gasteiger partial charge in [-0.15, -0.1) is 0 Å². The number of rotatable bonds is 6. The lowest BCUT2D eigenvalue weighted by atomic mass is 10.1. The normalized spacial score (nSPS) is 10.7. The lowest BCUT2D eigenvalue weighted by molar-refractivity contribution is -0.385. The van der Waals surface area contributed by atoms with Gasteiger partial charge in [-0.2, -0.15) is 0 Å². The predicted octanol–water partition coefficient (Wildman–Crippen LogP) is 4.14. The largest absolute Gasteiger partial charge is 0.454 e. The highest BCUT2D eigenvalue weighted by Gasteiger charge is 2.15. The van der Waals surface area contributed by atoms with Crippen molar-refractivity contribution in [2.75, 3.05) is 6.61 Å². The Hall–Kier alpha value is -3.06. The summed E-state index contributed by atoms with van der Waals surface area (Å²) in [6.45, 7) is 0.993. The standard InChI is InChI=1S/C18H13ClFNO5/c1-11-2-5-13(9-16(11)21(24)25)17(22)10-26-18(23)7-4-12-3-6-15(20)14(19)8-12/h2-9H,10H2,1H3/b7-4+. The highest BCUT2D eigenvalue weighted by Crippen LogP contribution is 2.20. The van der Waals surface area contributed by atoms with Crippen molar-refractivity contribution in [2.24, 2.45) is 0 Å². The number of halogens is 2. The SMILES string of the molecule is Cc1ccc(C(=O)COC(=O)/C=C/c2ccc(F)c(Cl)c2)cc1[N+](=O)[O-]. The number of esters is 1. The number of nitro benzene ring substituents is 1. The molecule has 134 valence electrons. The Morgan fingerprint density at radius 3 is 2.65 bits per heavy atom. The van der Waals surface area contributed by atoms with Crippen LogP contribution in [0.2, 0.25) is 5.02 Å². The van der Waals surface area contributed by atoms with E-state index in [2.05, 4.69) is 0 Å². The van der Waals surface area contributed by atoms with Crippen LogP contribution in [0.4, 0.5) is 10.1 Å². The highest BCUT2D eigenvalue weighted by molar-refractivity contribution is 6.30. The zero-order chi connectivity index (χ0) is 19.3.